The number of aryl methyl sites for hydroxylation is 1. The van der Waals surface area contributed by atoms with Crippen LogP contribution in [0.5, 0.6) is 0 Å². The van der Waals surface area contributed by atoms with E-state index in [-0.39, 0.29) is 0 Å². The standard InChI is InChI=1S/C10H8O2S2/c1-6-9(8-3-2-4-13-8)7(5-14-6)10(11)12/h2-5H,1H3,(H,11,12). The van der Waals surface area contributed by atoms with Gasteiger partial charge in [-0.05, 0) is 18.4 Å². The van der Waals surface area contributed by atoms with E-state index < -0.39 is 5.97 Å². The molecule has 2 rings (SSSR count). The summed E-state index contributed by atoms with van der Waals surface area (Å²) in [5.41, 5.74) is 1.28. The monoisotopic (exact) mass is 224 g/mol. The third kappa shape index (κ3) is 1.47. The Hall–Kier alpha value is -1.13. The SMILES string of the molecule is Cc1scc(C(=O)O)c1-c1cccs1. The van der Waals surface area contributed by atoms with E-state index in [1.165, 1.54) is 11.3 Å². The zero-order chi connectivity index (χ0) is 10.1. The Morgan fingerprint density at radius 2 is 2.21 bits per heavy atom. The van der Waals surface area contributed by atoms with Crippen LogP contribution in [0.25, 0.3) is 10.4 Å². The molecule has 0 spiro atoms. The highest BCUT2D eigenvalue weighted by atomic mass is 32.1. The Morgan fingerprint density at radius 1 is 1.43 bits per heavy atom. The fourth-order valence-electron chi connectivity index (χ4n) is 1.34. The molecule has 0 aliphatic heterocycles. The summed E-state index contributed by atoms with van der Waals surface area (Å²) in [6.45, 7) is 1.95. The van der Waals surface area contributed by atoms with Gasteiger partial charge < -0.3 is 5.11 Å². The molecule has 0 bridgehead atoms. The lowest BCUT2D eigenvalue weighted by Crippen LogP contribution is -1.95. The maximum atomic E-state index is 10.9. The minimum absolute atomic E-state index is 0.412. The van der Waals surface area contributed by atoms with E-state index in [9.17, 15) is 4.79 Å². The van der Waals surface area contributed by atoms with Crippen LogP contribution in [0.3, 0.4) is 0 Å². The number of hydrogen-bond acceptors (Lipinski definition) is 3. The molecule has 0 amide bonds. The molecule has 0 radical (unpaired) electrons. The van der Waals surface area contributed by atoms with E-state index in [2.05, 4.69) is 0 Å². The van der Waals surface area contributed by atoms with Crippen molar-refractivity contribution < 1.29 is 9.90 Å². The molecule has 0 aliphatic carbocycles. The summed E-state index contributed by atoms with van der Waals surface area (Å²) in [5, 5.41) is 12.6. The normalized spacial score (nSPS) is 10.4. The van der Waals surface area contributed by atoms with Gasteiger partial charge in [-0.25, -0.2) is 4.79 Å². The lowest BCUT2D eigenvalue weighted by molar-refractivity contribution is 0.0698. The van der Waals surface area contributed by atoms with Gasteiger partial charge in [-0.3, -0.25) is 0 Å². The lowest BCUT2D eigenvalue weighted by Gasteiger charge is -1.98. The van der Waals surface area contributed by atoms with Crippen LogP contribution in [-0.2, 0) is 0 Å². The summed E-state index contributed by atoms with van der Waals surface area (Å²) in [6.07, 6.45) is 0. The molecule has 2 aromatic heterocycles. The van der Waals surface area contributed by atoms with E-state index in [1.807, 2.05) is 24.4 Å². The van der Waals surface area contributed by atoms with Gasteiger partial charge in [-0.15, -0.1) is 22.7 Å². The first-order chi connectivity index (χ1) is 6.70. The van der Waals surface area contributed by atoms with Crippen LogP contribution >= 0.6 is 22.7 Å². The van der Waals surface area contributed by atoms with Gasteiger partial charge in [0.2, 0.25) is 0 Å². The summed E-state index contributed by atoms with van der Waals surface area (Å²) >= 11 is 3.05. The molecule has 4 heteroatoms. The van der Waals surface area contributed by atoms with Crippen LogP contribution in [-0.4, -0.2) is 11.1 Å². The minimum Gasteiger partial charge on any atom is -0.478 e. The van der Waals surface area contributed by atoms with Gasteiger partial charge in [-0.2, -0.15) is 0 Å². The first kappa shape index (κ1) is 9.43. The molecule has 2 heterocycles. The van der Waals surface area contributed by atoms with Crippen LogP contribution in [0.4, 0.5) is 0 Å². The Bertz CT molecular complexity index is 454. The molecule has 14 heavy (non-hydrogen) atoms. The molecule has 0 aromatic carbocycles. The molecule has 72 valence electrons. The Labute approximate surface area is 89.5 Å². The molecule has 1 N–H and O–H groups in total. The Morgan fingerprint density at radius 3 is 2.79 bits per heavy atom. The van der Waals surface area contributed by atoms with Crippen molar-refractivity contribution in [1.82, 2.24) is 0 Å². The van der Waals surface area contributed by atoms with Gasteiger partial charge in [0.25, 0.3) is 0 Å². The first-order valence-electron chi connectivity index (χ1n) is 4.05. The number of carbonyl (C=O) groups is 1. The minimum atomic E-state index is -0.849. The summed E-state index contributed by atoms with van der Waals surface area (Å²) in [5.74, 6) is -0.849. The van der Waals surface area contributed by atoms with E-state index in [0.717, 1.165) is 15.3 Å². The highest BCUT2D eigenvalue weighted by molar-refractivity contribution is 7.15. The third-order valence-corrected chi connectivity index (χ3v) is 3.77. The van der Waals surface area contributed by atoms with Crippen molar-refractivity contribution in [3.05, 3.63) is 33.3 Å². The molecule has 0 saturated carbocycles. The highest BCUT2D eigenvalue weighted by Crippen LogP contribution is 2.34. The van der Waals surface area contributed by atoms with Crippen molar-refractivity contribution in [2.45, 2.75) is 6.92 Å². The topological polar surface area (TPSA) is 37.3 Å². The zero-order valence-corrected chi connectivity index (χ0v) is 9.11. The fourth-order valence-corrected chi connectivity index (χ4v) is 3.10. The van der Waals surface area contributed by atoms with Crippen LogP contribution in [0.2, 0.25) is 0 Å². The van der Waals surface area contributed by atoms with Crippen LogP contribution in [0.1, 0.15) is 15.2 Å². The van der Waals surface area contributed by atoms with E-state index in [4.69, 9.17) is 5.11 Å². The van der Waals surface area contributed by atoms with Crippen molar-refractivity contribution in [2.75, 3.05) is 0 Å². The maximum Gasteiger partial charge on any atom is 0.337 e. The van der Waals surface area contributed by atoms with Gasteiger partial charge >= 0.3 is 5.97 Å². The second-order valence-electron chi connectivity index (χ2n) is 2.86. The summed E-state index contributed by atoms with van der Waals surface area (Å²) in [4.78, 5) is 13.0. The maximum absolute atomic E-state index is 10.9. The molecule has 0 unspecified atom stereocenters. The predicted octanol–water partition coefficient (Wildman–Crippen LogP) is 3.48. The number of rotatable bonds is 2. The summed E-state index contributed by atoms with van der Waals surface area (Å²) < 4.78 is 0. The molecule has 0 atom stereocenters. The summed E-state index contributed by atoms with van der Waals surface area (Å²) in [7, 11) is 0. The Kier molecular flexibility index (Phi) is 2.39. The smallest absolute Gasteiger partial charge is 0.337 e. The summed E-state index contributed by atoms with van der Waals surface area (Å²) in [6, 6.07) is 3.88. The second kappa shape index (κ2) is 3.55. The van der Waals surface area contributed by atoms with Gasteiger partial charge in [0.15, 0.2) is 0 Å². The molecule has 0 saturated heterocycles. The molecular formula is C10H8O2S2. The predicted molar refractivity (Wildman–Crippen MR) is 59.3 cm³/mol. The van der Waals surface area contributed by atoms with Crippen molar-refractivity contribution in [3.8, 4) is 10.4 Å². The van der Waals surface area contributed by atoms with Crippen LogP contribution in [0, 0.1) is 6.92 Å². The van der Waals surface area contributed by atoms with Gasteiger partial charge in [0.1, 0.15) is 0 Å². The number of aromatic carboxylic acids is 1. The molecular weight excluding hydrogens is 216 g/mol. The largest absolute Gasteiger partial charge is 0.478 e. The average Bonchev–Trinajstić information content (AvgIpc) is 2.71. The number of carboxylic acids is 1. The number of thiophene rings is 2. The second-order valence-corrected chi connectivity index (χ2v) is 4.89. The number of carboxylic acid groups (broad SMARTS) is 1. The van der Waals surface area contributed by atoms with Crippen LogP contribution < -0.4 is 0 Å². The van der Waals surface area contributed by atoms with E-state index in [0.29, 0.717) is 5.56 Å². The van der Waals surface area contributed by atoms with Crippen LogP contribution in [0.15, 0.2) is 22.9 Å². The third-order valence-electron chi connectivity index (χ3n) is 1.97. The Balaban J connectivity index is 2.62. The lowest BCUT2D eigenvalue weighted by atomic mass is 10.1. The quantitative estimate of drug-likeness (QED) is 0.847. The molecule has 0 fully saturated rings. The highest BCUT2D eigenvalue weighted by Gasteiger charge is 2.16. The molecule has 2 nitrogen and oxygen atoms in total. The zero-order valence-electron chi connectivity index (χ0n) is 7.48. The molecule has 2 aromatic rings. The van der Waals surface area contributed by atoms with Crippen molar-refractivity contribution in [2.24, 2.45) is 0 Å². The first-order valence-corrected chi connectivity index (χ1v) is 5.81. The number of hydrogen-bond donors (Lipinski definition) is 1. The van der Waals surface area contributed by atoms with E-state index >= 15 is 0 Å². The van der Waals surface area contributed by atoms with Crippen molar-refractivity contribution in [1.29, 1.82) is 0 Å². The van der Waals surface area contributed by atoms with Crippen molar-refractivity contribution >= 4 is 28.6 Å². The van der Waals surface area contributed by atoms with Gasteiger partial charge in [0.05, 0.1) is 5.56 Å². The van der Waals surface area contributed by atoms with Crippen molar-refractivity contribution in [3.63, 3.8) is 0 Å². The van der Waals surface area contributed by atoms with Gasteiger partial charge in [0, 0.05) is 20.7 Å². The molecule has 0 aliphatic rings. The van der Waals surface area contributed by atoms with E-state index in [1.54, 1.807) is 16.7 Å². The van der Waals surface area contributed by atoms with Gasteiger partial charge in [-0.1, -0.05) is 6.07 Å². The average molecular weight is 224 g/mol. The fraction of sp³-hybridized carbons (Fsp3) is 0.100.